The molecule has 3 aromatic rings. The first kappa shape index (κ1) is 24.0. The molecule has 7 heteroatoms. The molecule has 36 heavy (non-hydrogen) atoms. The second-order valence-corrected chi connectivity index (χ2v) is 9.53. The van der Waals surface area contributed by atoms with Gasteiger partial charge in [0.1, 0.15) is 12.7 Å². The SMILES string of the molecule is O=C(NCCC(O)C(O)c1ccccc1C1(C(=O)O)CC1)OCC1c2ccccc2-c2ccccc21. The van der Waals surface area contributed by atoms with Crippen LogP contribution in [0.1, 0.15) is 53.5 Å². The van der Waals surface area contributed by atoms with Crippen LogP contribution in [-0.2, 0) is 14.9 Å². The highest BCUT2D eigenvalue weighted by Crippen LogP contribution is 2.50. The van der Waals surface area contributed by atoms with Crippen LogP contribution in [0.4, 0.5) is 4.79 Å². The largest absolute Gasteiger partial charge is 0.481 e. The summed E-state index contributed by atoms with van der Waals surface area (Å²) in [6, 6.07) is 23.0. The molecule has 2 aliphatic carbocycles. The van der Waals surface area contributed by atoms with Gasteiger partial charge in [-0.05, 0) is 52.6 Å². The normalized spacial score (nSPS) is 16.9. The quantitative estimate of drug-likeness (QED) is 0.361. The molecule has 7 nitrogen and oxygen atoms in total. The van der Waals surface area contributed by atoms with E-state index in [1.54, 1.807) is 24.3 Å². The maximum Gasteiger partial charge on any atom is 0.407 e. The molecule has 1 fully saturated rings. The van der Waals surface area contributed by atoms with E-state index in [-0.39, 0.29) is 25.5 Å². The van der Waals surface area contributed by atoms with Crippen molar-refractivity contribution in [1.29, 1.82) is 0 Å². The monoisotopic (exact) mass is 487 g/mol. The Morgan fingerprint density at radius 3 is 2.11 bits per heavy atom. The summed E-state index contributed by atoms with van der Waals surface area (Å²) >= 11 is 0. The average Bonchev–Trinajstić information content (AvgIpc) is 3.65. The number of fused-ring (bicyclic) bond motifs is 3. The Kier molecular flexibility index (Phi) is 6.51. The molecule has 0 radical (unpaired) electrons. The molecule has 0 spiro atoms. The van der Waals surface area contributed by atoms with E-state index in [2.05, 4.69) is 17.4 Å². The molecule has 0 aromatic heterocycles. The third-order valence-electron chi connectivity index (χ3n) is 7.37. The first-order valence-electron chi connectivity index (χ1n) is 12.2. The zero-order valence-corrected chi connectivity index (χ0v) is 19.8. The fourth-order valence-electron chi connectivity index (χ4n) is 5.25. The number of carbonyl (C=O) groups excluding carboxylic acids is 1. The fraction of sp³-hybridized carbons (Fsp3) is 0.310. The maximum absolute atomic E-state index is 12.4. The lowest BCUT2D eigenvalue weighted by Crippen LogP contribution is -2.31. The third-order valence-corrected chi connectivity index (χ3v) is 7.37. The molecule has 2 aliphatic rings. The summed E-state index contributed by atoms with van der Waals surface area (Å²) in [7, 11) is 0. The van der Waals surface area contributed by atoms with E-state index in [0.717, 1.165) is 22.3 Å². The average molecular weight is 488 g/mol. The Balaban J connectivity index is 1.15. The van der Waals surface area contributed by atoms with E-state index in [0.29, 0.717) is 24.0 Å². The molecule has 5 rings (SSSR count). The predicted molar refractivity (Wildman–Crippen MR) is 134 cm³/mol. The topological polar surface area (TPSA) is 116 Å². The smallest absolute Gasteiger partial charge is 0.407 e. The van der Waals surface area contributed by atoms with Crippen LogP contribution in [0.5, 0.6) is 0 Å². The Bertz CT molecular complexity index is 1240. The molecule has 186 valence electrons. The summed E-state index contributed by atoms with van der Waals surface area (Å²) in [5, 5.41) is 33.6. The zero-order chi connectivity index (χ0) is 25.3. The molecular formula is C29H29NO6. The zero-order valence-electron chi connectivity index (χ0n) is 19.8. The number of nitrogens with one attached hydrogen (secondary N) is 1. The van der Waals surface area contributed by atoms with Crippen molar-refractivity contribution in [2.45, 2.75) is 42.8 Å². The number of carboxylic acids is 1. The van der Waals surface area contributed by atoms with Crippen LogP contribution in [-0.4, -0.2) is 46.6 Å². The van der Waals surface area contributed by atoms with Gasteiger partial charge in [0.15, 0.2) is 0 Å². The van der Waals surface area contributed by atoms with Crippen LogP contribution < -0.4 is 5.32 Å². The second-order valence-electron chi connectivity index (χ2n) is 9.53. The van der Waals surface area contributed by atoms with Crippen molar-refractivity contribution >= 4 is 12.1 Å². The molecule has 0 aliphatic heterocycles. The lowest BCUT2D eigenvalue weighted by molar-refractivity contribution is -0.140. The van der Waals surface area contributed by atoms with Gasteiger partial charge < -0.3 is 25.4 Å². The summed E-state index contributed by atoms with van der Waals surface area (Å²) in [6.07, 6.45) is -1.94. The highest BCUT2D eigenvalue weighted by Gasteiger charge is 2.53. The first-order chi connectivity index (χ1) is 17.4. The Morgan fingerprint density at radius 1 is 0.917 bits per heavy atom. The number of hydrogen-bond donors (Lipinski definition) is 4. The van der Waals surface area contributed by atoms with Gasteiger partial charge in [0, 0.05) is 12.5 Å². The van der Waals surface area contributed by atoms with E-state index in [1.165, 1.54) is 0 Å². The van der Waals surface area contributed by atoms with Crippen molar-refractivity contribution in [2.24, 2.45) is 0 Å². The van der Waals surface area contributed by atoms with Crippen LogP contribution in [0.15, 0.2) is 72.8 Å². The molecule has 1 amide bonds. The summed E-state index contributed by atoms with van der Waals surface area (Å²) in [5.74, 6) is -0.968. The van der Waals surface area contributed by atoms with E-state index < -0.39 is 29.7 Å². The number of carboxylic acid groups (broad SMARTS) is 1. The molecule has 0 bridgehead atoms. The summed E-state index contributed by atoms with van der Waals surface area (Å²) in [5.41, 5.74) is 4.50. The van der Waals surface area contributed by atoms with Crippen LogP contribution in [0.2, 0.25) is 0 Å². The minimum Gasteiger partial charge on any atom is -0.481 e. The van der Waals surface area contributed by atoms with Gasteiger partial charge in [0.25, 0.3) is 0 Å². The van der Waals surface area contributed by atoms with Crippen LogP contribution in [0, 0.1) is 0 Å². The lowest BCUT2D eigenvalue weighted by atomic mass is 9.87. The maximum atomic E-state index is 12.4. The third kappa shape index (κ3) is 4.36. The number of alkyl carbamates (subject to hydrolysis) is 1. The van der Waals surface area contributed by atoms with E-state index >= 15 is 0 Å². The van der Waals surface area contributed by atoms with Crippen molar-refractivity contribution in [3.63, 3.8) is 0 Å². The fourth-order valence-corrected chi connectivity index (χ4v) is 5.25. The molecule has 2 unspecified atom stereocenters. The van der Waals surface area contributed by atoms with Gasteiger partial charge in [0.05, 0.1) is 11.5 Å². The van der Waals surface area contributed by atoms with Crippen molar-refractivity contribution in [3.8, 4) is 11.1 Å². The van der Waals surface area contributed by atoms with E-state index in [4.69, 9.17) is 4.74 Å². The number of carbonyl (C=O) groups is 2. The van der Waals surface area contributed by atoms with Crippen molar-refractivity contribution < 1.29 is 29.6 Å². The van der Waals surface area contributed by atoms with Crippen LogP contribution in [0.25, 0.3) is 11.1 Å². The lowest BCUT2D eigenvalue weighted by Gasteiger charge is -2.23. The predicted octanol–water partition coefficient (Wildman–Crippen LogP) is 4.13. The van der Waals surface area contributed by atoms with Crippen molar-refractivity contribution in [2.75, 3.05) is 13.2 Å². The molecule has 0 saturated heterocycles. The van der Waals surface area contributed by atoms with Gasteiger partial charge in [-0.3, -0.25) is 4.79 Å². The van der Waals surface area contributed by atoms with E-state index in [1.807, 2.05) is 36.4 Å². The molecule has 4 N–H and O–H groups in total. The summed E-state index contributed by atoms with van der Waals surface area (Å²) < 4.78 is 5.51. The van der Waals surface area contributed by atoms with Crippen molar-refractivity contribution in [3.05, 3.63) is 95.1 Å². The highest BCUT2D eigenvalue weighted by atomic mass is 16.5. The number of amides is 1. The standard InChI is InChI=1S/C29H29NO6/c31-25(26(32)22-11-5-6-12-24(22)29(14-15-29)27(33)34)13-16-30-28(35)36-17-23-20-9-3-1-7-18(20)19-8-2-4-10-21(19)23/h1-12,23,25-26,31-32H,13-17H2,(H,30,35)(H,33,34). The van der Waals surface area contributed by atoms with Gasteiger partial charge in [-0.2, -0.15) is 0 Å². The number of aliphatic hydroxyl groups is 2. The Labute approximate surface area is 209 Å². The number of ether oxygens (including phenoxy) is 1. The number of hydrogen-bond acceptors (Lipinski definition) is 5. The van der Waals surface area contributed by atoms with Gasteiger partial charge in [0.2, 0.25) is 0 Å². The summed E-state index contributed by atoms with van der Waals surface area (Å²) in [4.78, 5) is 24.1. The second kappa shape index (κ2) is 9.76. The number of aliphatic hydroxyl groups excluding tert-OH is 2. The molecular weight excluding hydrogens is 458 g/mol. The molecule has 0 heterocycles. The van der Waals surface area contributed by atoms with Gasteiger partial charge >= 0.3 is 12.1 Å². The molecule has 3 aromatic carbocycles. The number of rotatable bonds is 9. The molecule has 2 atom stereocenters. The minimum absolute atomic E-state index is 0.0453. The first-order valence-corrected chi connectivity index (χ1v) is 12.2. The van der Waals surface area contributed by atoms with Crippen molar-refractivity contribution in [1.82, 2.24) is 5.32 Å². The Morgan fingerprint density at radius 2 is 1.50 bits per heavy atom. The van der Waals surface area contributed by atoms with Crippen LogP contribution >= 0.6 is 0 Å². The number of aliphatic carboxylic acids is 1. The van der Waals surface area contributed by atoms with Gasteiger partial charge in [-0.1, -0.05) is 72.8 Å². The minimum atomic E-state index is -1.26. The van der Waals surface area contributed by atoms with Crippen LogP contribution in [0.3, 0.4) is 0 Å². The highest BCUT2D eigenvalue weighted by molar-refractivity contribution is 5.85. The van der Waals surface area contributed by atoms with Gasteiger partial charge in [-0.25, -0.2) is 4.79 Å². The van der Waals surface area contributed by atoms with E-state index in [9.17, 15) is 24.9 Å². The summed E-state index contributed by atoms with van der Waals surface area (Å²) in [6.45, 7) is 0.289. The Hall–Kier alpha value is -3.68. The molecule has 1 saturated carbocycles. The van der Waals surface area contributed by atoms with Gasteiger partial charge in [-0.15, -0.1) is 0 Å². The number of benzene rings is 3.